The number of allylic oxidation sites excluding steroid dienone is 2. The lowest BCUT2D eigenvalue weighted by atomic mass is 10.0. The first-order valence-electron chi connectivity index (χ1n) is 6.93. The molecule has 0 aliphatic carbocycles. The van der Waals surface area contributed by atoms with Gasteiger partial charge in [-0.15, -0.1) is 0 Å². The van der Waals surface area contributed by atoms with Gasteiger partial charge >= 0.3 is 6.03 Å². The highest BCUT2D eigenvalue weighted by Crippen LogP contribution is 2.18. The smallest absolute Gasteiger partial charge is 0.316 e. The Morgan fingerprint density at radius 2 is 2.13 bits per heavy atom. The maximum absolute atomic E-state index is 11.0. The SMILES string of the molecule is CN=C(/C(C)=C(\C)NC(N)=O)c1cnc(NC)c(C(=N)CO)c1. The van der Waals surface area contributed by atoms with Gasteiger partial charge in [-0.1, -0.05) is 0 Å². The molecule has 0 radical (unpaired) electrons. The topological polar surface area (TPSA) is 136 Å². The predicted molar refractivity (Wildman–Crippen MR) is 91.3 cm³/mol. The standard InChI is InChI=1S/C15H22N6O2/c1-8(9(2)21-15(17)23)13(18-3)10-5-11(12(16)7-22)14(19-4)20-6-10/h5-6,16,22H,7H2,1-4H3,(H,19,20)(H3,17,21,23)/b9-8+,16-12?,18-13?. The van der Waals surface area contributed by atoms with E-state index in [1.54, 1.807) is 40.2 Å². The van der Waals surface area contributed by atoms with E-state index in [2.05, 4.69) is 20.6 Å². The fraction of sp³-hybridized carbons (Fsp3) is 0.333. The molecule has 0 saturated carbocycles. The Kier molecular flexibility index (Phi) is 6.40. The molecule has 6 N–H and O–H groups in total. The van der Waals surface area contributed by atoms with Crippen molar-refractivity contribution in [3.63, 3.8) is 0 Å². The number of nitrogens with zero attached hydrogens (tertiary/aromatic N) is 2. The predicted octanol–water partition coefficient (Wildman–Crippen LogP) is 0.865. The fourth-order valence-electron chi connectivity index (χ4n) is 2.08. The van der Waals surface area contributed by atoms with Crippen LogP contribution in [0.1, 0.15) is 25.0 Å². The van der Waals surface area contributed by atoms with Crippen LogP contribution >= 0.6 is 0 Å². The van der Waals surface area contributed by atoms with Crippen molar-refractivity contribution in [2.75, 3.05) is 26.0 Å². The molecule has 0 bridgehead atoms. The number of aliphatic imine (C=N–C) groups is 1. The number of amides is 2. The number of carbonyl (C=O) groups is 1. The molecular formula is C15H22N6O2. The number of hydrogen-bond acceptors (Lipinski definition) is 6. The largest absolute Gasteiger partial charge is 0.390 e. The van der Waals surface area contributed by atoms with E-state index in [9.17, 15) is 9.90 Å². The van der Waals surface area contributed by atoms with Crippen LogP contribution in [0.2, 0.25) is 0 Å². The molecule has 2 amide bonds. The van der Waals surface area contributed by atoms with E-state index in [4.69, 9.17) is 11.1 Å². The van der Waals surface area contributed by atoms with Gasteiger partial charge in [-0.05, 0) is 25.5 Å². The Labute approximate surface area is 135 Å². The summed E-state index contributed by atoms with van der Waals surface area (Å²) in [6, 6.07) is 1.07. The number of rotatable bonds is 6. The normalized spacial score (nSPS) is 12.5. The average Bonchev–Trinajstić information content (AvgIpc) is 2.53. The lowest BCUT2D eigenvalue weighted by molar-refractivity contribution is 0.251. The second-order valence-corrected chi connectivity index (χ2v) is 4.82. The minimum atomic E-state index is -0.649. The molecule has 124 valence electrons. The van der Waals surface area contributed by atoms with Gasteiger partial charge in [-0.3, -0.25) is 4.99 Å². The number of anilines is 1. The minimum Gasteiger partial charge on any atom is -0.390 e. The summed E-state index contributed by atoms with van der Waals surface area (Å²) in [5, 5.41) is 22.5. The maximum Gasteiger partial charge on any atom is 0.316 e. The van der Waals surface area contributed by atoms with Crippen molar-refractivity contribution < 1.29 is 9.90 Å². The van der Waals surface area contributed by atoms with Crippen LogP contribution in [0, 0.1) is 5.41 Å². The number of aliphatic hydroxyl groups excluding tert-OH is 1. The van der Waals surface area contributed by atoms with Gasteiger partial charge < -0.3 is 26.9 Å². The van der Waals surface area contributed by atoms with Gasteiger partial charge in [0.15, 0.2) is 0 Å². The van der Waals surface area contributed by atoms with E-state index in [1.165, 1.54) is 0 Å². The van der Waals surface area contributed by atoms with Crippen LogP contribution in [-0.2, 0) is 0 Å². The molecule has 0 spiro atoms. The Morgan fingerprint density at radius 1 is 1.48 bits per heavy atom. The molecule has 0 saturated heterocycles. The van der Waals surface area contributed by atoms with Crippen molar-refractivity contribution >= 4 is 23.3 Å². The fourth-order valence-corrected chi connectivity index (χ4v) is 2.08. The van der Waals surface area contributed by atoms with Crippen LogP contribution < -0.4 is 16.4 Å². The zero-order chi connectivity index (χ0) is 17.6. The quantitative estimate of drug-likeness (QED) is 0.497. The van der Waals surface area contributed by atoms with Crippen LogP contribution in [0.5, 0.6) is 0 Å². The summed E-state index contributed by atoms with van der Waals surface area (Å²) in [4.78, 5) is 19.5. The molecule has 0 atom stereocenters. The molecule has 0 aromatic carbocycles. The third-order valence-electron chi connectivity index (χ3n) is 3.33. The molecular weight excluding hydrogens is 296 g/mol. The highest BCUT2D eigenvalue weighted by atomic mass is 16.3. The number of hydrogen-bond donors (Lipinski definition) is 5. The van der Waals surface area contributed by atoms with Crippen molar-refractivity contribution in [2.45, 2.75) is 13.8 Å². The summed E-state index contributed by atoms with van der Waals surface area (Å²) in [6.07, 6.45) is 1.61. The van der Waals surface area contributed by atoms with E-state index in [0.717, 1.165) is 5.57 Å². The number of carbonyl (C=O) groups excluding carboxylic acids is 1. The number of aliphatic hydroxyl groups is 1. The zero-order valence-corrected chi connectivity index (χ0v) is 13.7. The molecule has 1 heterocycles. The second-order valence-electron chi connectivity index (χ2n) is 4.82. The third-order valence-corrected chi connectivity index (χ3v) is 3.33. The lowest BCUT2D eigenvalue weighted by Gasteiger charge is -2.14. The third kappa shape index (κ3) is 4.36. The van der Waals surface area contributed by atoms with Gasteiger partial charge in [-0.25, -0.2) is 9.78 Å². The second kappa shape index (κ2) is 8.04. The van der Waals surface area contributed by atoms with E-state index < -0.39 is 12.6 Å². The van der Waals surface area contributed by atoms with Crippen molar-refractivity contribution in [1.29, 1.82) is 5.41 Å². The summed E-state index contributed by atoms with van der Waals surface area (Å²) < 4.78 is 0. The van der Waals surface area contributed by atoms with Gasteiger partial charge in [0, 0.05) is 37.1 Å². The molecule has 23 heavy (non-hydrogen) atoms. The average molecular weight is 318 g/mol. The van der Waals surface area contributed by atoms with Crippen LogP contribution in [0.4, 0.5) is 10.6 Å². The van der Waals surface area contributed by atoms with E-state index >= 15 is 0 Å². The lowest BCUT2D eigenvalue weighted by Crippen LogP contribution is -2.29. The molecule has 0 unspecified atom stereocenters. The summed E-state index contributed by atoms with van der Waals surface area (Å²) >= 11 is 0. The molecule has 1 rings (SSSR count). The molecule has 0 fully saturated rings. The number of nitrogens with one attached hydrogen (secondary N) is 3. The van der Waals surface area contributed by atoms with Crippen LogP contribution in [0.3, 0.4) is 0 Å². The Morgan fingerprint density at radius 3 is 2.61 bits per heavy atom. The number of aromatic nitrogens is 1. The number of nitrogens with two attached hydrogens (primary N) is 1. The first-order chi connectivity index (χ1) is 10.8. The zero-order valence-electron chi connectivity index (χ0n) is 13.7. The number of urea groups is 1. The van der Waals surface area contributed by atoms with Crippen molar-refractivity contribution in [3.05, 3.63) is 34.7 Å². The molecule has 1 aromatic rings. The number of primary amides is 1. The van der Waals surface area contributed by atoms with E-state index in [-0.39, 0.29) is 5.71 Å². The molecule has 0 aliphatic heterocycles. The van der Waals surface area contributed by atoms with Crippen LogP contribution in [-0.4, -0.2) is 48.2 Å². The van der Waals surface area contributed by atoms with E-state index in [0.29, 0.717) is 28.4 Å². The highest BCUT2D eigenvalue weighted by Gasteiger charge is 2.14. The minimum absolute atomic E-state index is 0.0489. The van der Waals surface area contributed by atoms with Crippen molar-refractivity contribution in [3.8, 4) is 0 Å². The number of pyridine rings is 1. The van der Waals surface area contributed by atoms with Crippen molar-refractivity contribution in [2.24, 2.45) is 10.7 Å². The van der Waals surface area contributed by atoms with E-state index in [1.807, 2.05) is 0 Å². The Hall–Kier alpha value is -2.74. The van der Waals surface area contributed by atoms with Crippen LogP contribution in [0.25, 0.3) is 0 Å². The highest BCUT2D eigenvalue weighted by molar-refractivity contribution is 6.14. The summed E-state index contributed by atoms with van der Waals surface area (Å²) in [7, 11) is 3.32. The van der Waals surface area contributed by atoms with Gasteiger partial charge in [0.05, 0.1) is 18.0 Å². The summed E-state index contributed by atoms with van der Waals surface area (Å²) in [5.41, 5.74) is 8.25. The van der Waals surface area contributed by atoms with Gasteiger partial charge in [0.2, 0.25) is 0 Å². The molecule has 8 heteroatoms. The first-order valence-corrected chi connectivity index (χ1v) is 6.93. The van der Waals surface area contributed by atoms with Crippen molar-refractivity contribution in [1.82, 2.24) is 10.3 Å². The first kappa shape index (κ1) is 18.3. The maximum atomic E-state index is 11.0. The Bertz CT molecular complexity index is 679. The summed E-state index contributed by atoms with van der Waals surface area (Å²) in [5.74, 6) is 0.497. The van der Waals surface area contributed by atoms with Crippen LogP contribution in [0.15, 0.2) is 28.5 Å². The van der Waals surface area contributed by atoms with Gasteiger partial charge in [0.1, 0.15) is 5.82 Å². The molecule has 8 nitrogen and oxygen atoms in total. The Balaban J connectivity index is 3.38. The monoisotopic (exact) mass is 318 g/mol. The molecule has 0 aliphatic rings. The van der Waals surface area contributed by atoms with Gasteiger partial charge in [-0.2, -0.15) is 0 Å². The summed E-state index contributed by atoms with van der Waals surface area (Å²) in [6.45, 7) is 3.13. The molecule has 1 aromatic heterocycles. The van der Waals surface area contributed by atoms with Gasteiger partial charge in [0.25, 0.3) is 0 Å².